The van der Waals surface area contributed by atoms with Crippen LogP contribution in [0.15, 0.2) is 24.4 Å². The van der Waals surface area contributed by atoms with Crippen molar-refractivity contribution < 1.29 is 32.2 Å². The number of amides is 3. The van der Waals surface area contributed by atoms with Crippen LogP contribution in [-0.4, -0.2) is 36.2 Å². The van der Waals surface area contributed by atoms with Crippen molar-refractivity contribution in [1.82, 2.24) is 10.3 Å². The van der Waals surface area contributed by atoms with Gasteiger partial charge in [0.25, 0.3) is 12.3 Å². The Morgan fingerprint density at radius 2 is 2.00 bits per heavy atom. The molecule has 4 N–H and O–H groups in total. The van der Waals surface area contributed by atoms with Gasteiger partial charge in [-0.1, -0.05) is 11.6 Å². The summed E-state index contributed by atoms with van der Waals surface area (Å²) in [5.41, 5.74) is 1.76. The van der Waals surface area contributed by atoms with Crippen molar-refractivity contribution in [3.63, 3.8) is 0 Å². The molecule has 0 unspecified atom stereocenters. The van der Waals surface area contributed by atoms with Crippen LogP contribution in [0.5, 0.6) is 0 Å². The Morgan fingerprint density at radius 3 is 2.55 bits per heavy atom. The maximum absolute atomic E-state index is 14.9. The van der Waals surface area contributed by atoms with Crippen molar-refractivity contribution in [1.29, 1.82) is 0 Å². The lowest BCUT2D eigenvalue weighted by molar-refractivity contribution is -0.187. The number of ether oxygens (including phenoxy) is 2. The molecule has 31 heavy (non-hydrogen) atoms. The first-order chi connectivity index (χ1) is 14.5. The van der Waals surface area contributed by atoms with Crippen LogP contribution in [0.4, 0.5) is 23.7 Å². The summed E-state index contributed by atoms with van der Waals surface area (Å²) in [6.07, 6.45) is -3.24. The van der Waals surface area contributed by atoms with Crippen molar-refractivity contribution in [2.45, 2.75) is 32.3 Å². The number of alkyl halides is 2. The Bertz CT molecular complexity index is 1040. The average Bonchev–Trinajstić information content (AvgIpc) is 3.47. The molecule has 0 aliphatic carbocycles. The summed E-state index contributed by atoms with van der Waals surface area (Å²) >= 11 is 5.83. The van der Waals surface area contributed by atoms with E-state index in [4.69, 9.17) is 26.8 Å². The Hall–Kier alpha value is -2.89. The number of hydrogen-bond donors (Lipinski definition) is 3. The van der Waals surface area contributed by atoms with Crippen molar-refractivity contribution in [3.8, 4) is 0 Å². The van der Waals surface area contributed by atoms with E-state index in [9.17, 15) is 22.8 Å². The molecule has 0 spiro atoms. The van der Waals surface area contributed by atoms with Crippen LogP contribution in [0, 0.1) is 19.7 Å². The number of benzene rings is 1. The lowest BCUT2D eigenvalue weighted by Crippen LogP contribution is -2.56. The number of nitrogens with zero attached hydrogens (tertiary/aromatic N) is 1. The maximum atomic E-state index is 14.9. The first kappa shape index (κ1) is 22.8. The summed E-state index contributed by atoms with van der Waals surface area (Å²) < 4.78 is 53.1. The molecule has 1 aromatic carbocycles. The topological polar surface area (TPSA) is 119 Å². The van der Waals surface area contributed by atoms with Crippen LogP contribution in [0.2, 0.25) is 5.02 Å². The molecule has 2 atom stereocenters. The fraction of sp³-hybridized carbons (Fsp3) is 0.316. The fourth-order valence-corrected chi connectivity index (χ4v) is 3.17. The van der Waals surface area contributed by atoms with Crippen LogP contribution in [0.3, 0.4) is 0 Å². The van der Waals surface area contributed by atoms with Gasteiger partial charge in [-0.05, 0) is 43.2 Å². The highest BCUT2D eigenvalue weighted by Gasteiger charge is 2.51. The van der Waals surface area contributed by atoms with Crippen LogP contribution in [0.1, 0.15) is 27.2 Å². The minimum atomic E-state index is -3.43. The van der Waals surface area contributed by atoms with Crippen LogP contribution in [-0.2, 0) is 15.2 Å². The third-order valence-corrected chi connectivity index (χ3v) is 4.62. The third-order valence-electron chi connectivity index (χ3n) is 4.41. The summed E-state index contributed by atoms with van der Waals surface area (Å²) in [7, 11) is 0. The number of urea groups is 1. The highest BCUT2D eigenvalue weighted by Crippen LogP contribution is 2.38. The standard InChI is InChI=1S/C19H18ClF3N4O4/c1-8-4-11(26-16(28)15-9(2)3-10(20)6-25-15)5-12(14(8)21)19(17(22)23,27-18(24)29)31-13-7-30-13/h3-6,13,17H,7H2,1-2H3,(H,26,28)(H3,24,27,29)/t13-,19+/m0/s1. The summed E-state index contributed by atoms with van der Waals surface area (Å²) in [6, 6.07) is 2.31. The number of primary amides is 1. The molecule has 1 aromatic heterocycles. The molecule has 12 heteroatoms. The van der Waals surface area contributed by atoms with Crippen LogP contribution in [0.25, 0.3) is 0 Å². The van der Waals surface area contributed by atoms with Gasteiger partial charge in [0.2, 0.25) is 5.72 Å². The molecule has 0 bridgehead atoms. The van der Waals surface area contributed by atoms with Crippen molar-refractivity contribution in [2.24, 2.45) is 5.73 Å². The van der Waals surface area contributed by atoms with Crippen molar-refractivity contribution >= 4 is 29.2 Å². The van der Waals surface area contributed by atoms with E-state index in [0.29, 0.717) is 10.6 Å². The van der Waals surface area contributed by atoms with Gasteiger partial charge in [0.05, 0.1) is 5.02 Å². The molecule has 1 aliphatic heterocycles. The fourth-order valence-electron chi connectivity index (χ4n) is 2.96. The number of carbonyl (C=O) groups excluding carboxylic acids is 2. The van der Waals surface area contributed by atoms with Gasteiger partial charge >= 0.3 is 6.03 Å². The minimum absolute atomic E-state index is 0.0204. The lowest BCUT2D eigenvalue weighted by Gasteiger charge is -2.33. The van der Waals surface area contributed by atoms with E-state index in [1.807, 2.05) is 0 Å². The number of carbonyl (C=O) groups is 2. The van der Waals surface area contributed by atoms with E-state index >= 15 is 0 Å². The average molecular weight is 459 g/mol. The second kappa shape index (κ2) is 8.69. The Labute approximate surface area is 179 Å². The van der Waals surface area contributed by atoms with Gasteiger partial charge in [-0.15, -0.1) is 0 Å². The number of rotatable bonds is 7. The largest absolute Gasteiger partial charge is 0.352 e. The molecular formula is C19H18ClF3N4O4. The van der Waals surface area contributed by atoms with Gasteiger partial charge in [-0.2, -0.15) is 0 Å². The molecule has 8 nitrogen and oxygen atoms in total. The monoisotopic (exact) mass is 458 g/mol. The normalized spacial score (nSPS) is 17.2. The molecular weight excluding hydrogens is 441 g/mol. The van der Waals surface area contributed by atoms with Gasteiger partial charge < -0.3 is 25.8 Å². The molecule has 2 aromatic rings. The van der Waals surface area contributed by atoms with Crippen LogP contribution < -0.4 is 16.4 Å². The smallest absolute Gasteiger partial charge is 0.314 e. The van der Waals surface area contributed by atoms with Gasteiger partial charge in [0, 0.05) is 17.4 Å². The SMILES string of the molecule is Cc1cc(Cl)cnc1C(=O)Nc1cc(C)c(F)c([C@@](NC(N)=O)(O[C@H]2CO2)C(F)F)c1. The zero-order chi connectivity index (χ0) is 22.9. The van der Waals surface area contributed by atoms with E-state index in [-0.39, 0.29) is 23.6 Å². The number of hydrogen-bond acceptors (Lipinski definition) is 5. The molecule has 3 amide bonds. The zero-order valence-corrected chi connectivity index (χ0v) is 17.1. The third kappa shape index (κ3) is 4.89. The summed E-state index contributed by atoms with van der Waals surface area (Å²) in [5, 5.41) is 4.58. The molecule has 0 saturated carbocycles. The second-order valence-corrected chi connectivity index (χ2v) is 7.27. The van der Waals surface area contributed by atoms with E-state index in [2.05, 4.69) is 10.3 Å². The number of anilines is 1. The van der Waals surface area contributed by atoms with Gasteiger partial charge in [-0.3, -0.25) is 4.79 Å². The predicted molar refractivity (Wildman–Crippen MR) is 104 cm³/mol. The number of aryl methyl sites for hydroxylation is 2. The number of aromatic nitrogens is 1. The Balaban J connectivity index is 2.04. The molecule has 1 aliphatic rings. The molecule has 0 radical (unpaired) electrons. The predicted octanol–water partition coefficient (Wildman–Crippen LogP) is 3.20. The van der Waals surface area contributed by atoms with E-state index < -0.39 is 41.8 Å². The second-order valence-electron chi connectivity index (χ2n) is 6.83. The van der Waals surface area contributed by atoms with Crippen molar-refractivity contribution in [3.05, 3.63) is 57.6 Å². The summed E-state index contributed by atoms with van der Waals surface area (Å²) in [4.78, 5) is 28.0. The minimum Gasteiger partial charge on any atom is -0.352 e. The Morgan fingerprint density at radius 1 is 1.32 bits per heavy atom. The molecule has 1 fully saturated rings. The first-order valence-electron chi connectivity index (χ1n) is 8.92. The molecule has 3 rings (SSSR count). The van der Waals surface area contributed by atoms with Gasteiger partial charge in [-0.25, -0.2) is 22.9 Å². The highest BCUT2D eigenvalue weighted by atomic mass is 35.5. The number of epoxide rings is 1. The first-order valence-corrected chi connectivity index (χ1v) is 9.30. The molecule has 1 saturated heterocycles. The van der Waals surface area contributed by atoms with Gasteiger partial charge in [0.1, 0.15) is 18.1 Å². The summed E-state index contributed by atoms with van der Waals surface area (Å²) in [5.74, 6) is -1.75. The van der Waals surface area contributed by atoms with Crippen LogP contribution >= 0.6 is 11.6 Å². The summed E-state index contributed by atoms with van der Waals surface area (Å²) in [6.45, 7) is 2.89. The Kier molecular flexibility index (Phi) is 6.39. The van der Waals surface area contributed by atoms with Crippen molar-refractivity contribution in [2.75, 3.05) is 11.9 Å². The van der Waals surface area contributed by atoms with Gasteiger partial charge in [0.15, 0.2) is 6.29 Å². The highest BCUT2D eigenvalue weighted by molar-refractivity contribution is 6.30. The lowest BCUT2D eigenvalue weighted by atomic mass is 9.98. The van der Waals surface area contributed by atoms with E-state index in [1.165, 1.54) is 25.3 Å². The van der Waals surface area contributed by atoms with E-state index in [1.54, 1.807) is 12.2 Å². The molecule has 2 heterocycles. The number of nitrogens with two attached hydrogens (primary N) is 1. The quantitative estimate of drug-likeness (QED) is 0.435. The van der Waals surface area contributed by atoms with E-state index in [0.717, 1.165) is 6.07 Å². The molecule has 166 valence electrons. The number of nitrogens with one attached hydrogen (secondary N) is 2. The maximum Gasteiger partial charge on any atom is 0.314 e. The number of halogens is 4. The number of pyridine rings is 1. The zero-order valence-electron chi connectivity index (χ0n) is 16.3.